The van der Waals surface area contributed by atoms with Gasteiger partial charge in [-0.3, -0.25) is 9.59 Å². The molecule has 2 rings (SSSR count). The highest BCUT2D eigenvalue weighted by atomic mass is 35.5. The lowest BCUT2D eigenvalue weighted by atomic mass is 10.1. The third-order valence-electron chi connectivity index (χ3n) is 4.63. The summed E-state index contributed by atoms with van der Waals surface area (Å²) in [6.07, 6.45) is 0.713. The predicted molar refractivity (Wildman–Crippen MR) is 138 cm³/mol. The smallest absolute Gasteiger partial charge is 0.329 e. The van der Waals surface area contributed by atoms with Gasteiger partial charge in [0.1, 0.15) is 6.04 Å². The number of thioether (sulfide) groups is 1. The first kappa shape index (κ1) is 29.2. The largest absolute Gasteiger partial charge is 0.464 e. The Hall–Kier alpha value is -3.02. The molecule has 10 nitrogen and oxygen atoms in total. The van der Waals surface area contributed by atoms with Crippen LogP contribution in [0.25, 0.3) is 0 Å². The second-order valence-corrected chi connectivity index (χ2v) is 9.31. The van der Waals surface area contributed by atoms with E-state index in [0.717, 1.165) is 11.8 Å². The molecule has 2 aromatic rings. The average Bonchev–Trinajstić information content (AvgIpc) is 2.81. The van der Waals surface area contributed by atoms with Gasteiger partial charge in [-0.1, -0.05) is 59.2 Å². The van der Waals surface area contributed by atoms with E-state index in [4.69, 9.17) is 27.9 Å². The zero-order valence-electron chi connectivity index (χ0n) is 19.3. The van der Waals surface area contributed by atoms with Gasteiger partial charge in [-0.15, -0.1) is 10.1 Å². The van der Waals surface area contributed by atoms with E-state index in [1.54, 1.807) is 42.5 Å². The standard InChI is InChI=1S/C23H25Cl2N3O7S/c1-15(29)26-20(23(31)34-11-4-5-12-35-28(32)33)14-36-21(30)13-16-7-2-3-10-19(16)27-22-17(24)8-6-9-18(22)25/h2-3,6-10,20,27H,4-5,11-14H2,1H3,(H,26,29). The second-order valence-electron chi connectivity index (χ2n) is 7.42. The molecule has 0 saturated carbocycles. The van der Waals surface area contributed by atoms with Gasteiger partial charge in [0.25, 0.3) is 5.09 Å². The van der Waals surface area contributed by atoms with Crippen LogP contribution in [0.15, 0.2) is 42.5 Å². The first-order valence-corrected chi connectivity index (χ1v) is 12.6. The molecule has 2 aromatic carbocycles. The fourth-order valence-electron chi connectivity index (χ4n) is 2.96. The van der Waals surface area contributed by atoms with Crippen molar-refractivity contribution >= 4 is 63.3 Å². The molecule has 2 N–H and O–H groups in total. The van der Waals surface area contributed by atoms with Crippen molar-refractivity contribution in [3.8, 4) is 0 Å². The van der Waals surface area contributed by atoms with Crippen LogP contribution in [0.2, 0.25) is 10.0 Å². The van der Waals surface area contributed by atoms with E-state index in [-0.39, 0.29) is 30.5 Å². The van der Waals surface area contributed by atoms with E-state index in [9.17, 15) is 24.5 Å². The maximum Gasteiger partial charge on any atom is 0.329 e. The van der Waals surface area contributed by atoms with E-state index in [2.05, 4.69) is 15.5 Å². The normalized spacial score (nSPS) is 11.3. The molecular weight excluding hydrogens is 533 g/mol. The number of benzene rings is 2. The third kappa shape index (κ3) is 10.3. The number of halogens is 2. The third-order valence-corrected chi connectivity index (χ3v) is 6.22. The summed E-state index contributed by atoms with van der Waals surface area (Å²) in [5.41, 5.74) is 1.87. The SMILES string of the molecule is CC(=O)NC(CSC(=O)Cc1ccccc1Nc1c(Cl)cccc1Cl)C(=O)OCCCCO[N+](=O)[O-]. The molecule has 1 amide bonds. The molecule has 0 bridgehead atoms. The van der Waals surface area contributed by atoms with Crippen LogP contribution in [-0.4, -0.2) is 47.1 Å². The van der Waals surface area contributed by atoms with Crippen molar-refractivity contribution < 1.29 is 29.0 Å². The topological polar surface area (TPSA) is 137 Å². The molecule has 194 valence electrons. The first-order valence-electron chi connectivity index (χ1n) is 10.8. The van der Waals surface area contributed by atoms with Gasteiger partial charge in [0, 0.05) is 24.8 Å². The van der Waals surface area contributed by atoms with Crippen molar-refractivity contribution in [2.75, 3.05) is 24.3 Å². The maximum atomic E-state index is 12.7. The van der Waals surface area contributed by atoms with Gasteiger partial charge in [-0.2, -0.15) is 0 Å². The fourth-order valence-corrected chi connectivity index (χ4v) is 4.28. The number of esters is 1. The number of amides is 1. The number of anilines is 2. The van der Waals surface area contributed by atoms with Crippen molar-refractivity contribution in [3.05, 3.63) is 68.2 Å². The molecular formula is C23H25Cl2N3O7S. The minimum Gasteiger partial charge on any atom is -0.464 e. The molecule has 0 saturated heterocycles. The van der Waals surface area contributed by atoms with Crippen molar-refractivity contribution in [1.82, 2.24) is 5.32 Å². The Morgan fingerprint density at radius 2 is 1.72 bits per heavy atom. The molecule has 0 aromatic heterocycles. The number of carbonyl (C=O) groups is 3. The predicted octanol–water partition coefficient (Wildman–Crippen LogP) is 4.58. The summed E-state index contributed by atoms with van der Waals surface area (Å²) in [5, 5.41) is 15.5. The summed E-state index contributed by atoms with van der Waals surface area (Å²) in [7, 11) is 0. The summed E-state index contributed by atoms with van der Waals surface area (Å²) in [6, 6.07) is 11.3. The second kappa shape index (κ2) is 15.2. The van der Waals surface area contributed by atoms with Gasteiger partial charge in [-0.25, -0.2) is 4.79 Å². The Bertz CT molecular complexity index is 1070. The Morgan fingerprint density at radius 1 is 1.06 bits per heavy atom. The van der Waals surface area contributed by atoms with E-state index < -0.39 is 23.0 Å². The van der Waals surface area contributed by atoms with Crippen LogP contribution in [0.5, 0.6) is 0 Å². The van der Waals surface area contributed by atoms with Gasteiger partial charge in [0.2, 0.25) is 5.91 Å². The molecule has 0 radical (unpaired) electrons. The molecule has 0 aliphatic carbocycles. The Labute approximate surface area is 222 Å². The molecule has 0 aliphatic rings. The average molecular weight is 558 g/mol. The zero-order valence-corrected chi connectivity index (χ0v) is 21.7. The molecule has 0 heterocycles. The molecule has 0 spiro atoms. The number of nitrogens with zero attached hydrogens (tertiary/aromatic N) is 1. The van der Waals surface area contributed by atoms with Crippen molar-refractivity contribution in [2.24, 2.45) is 0 Å². The van der Waals surface area contributed by atoms with Crippen LogP contribution in [0.1, 0.15) is 25.3 Å². The number of hydrogen-bond acceptors (Lipinski definition) is 9. The minimum absolute atomic E-state index is 0.00173. The summed E-state index contributed by atoms with van der Waals surface area (Å²) in [4.78, 5) is 50.9. The van der Waals surface area contributed by atoms with Gasteiger partial charge in [-0.05, 0) is 36.6 Å². The summed E-state index contributed by atoms with van der Waals surface area (Å²) in [5.74, 6) is -1.17. The number of nitrogens with one attached hydrogen (secondary N) is 2. The van der Waals surface area contributed by atoms with Gasteiger partial charge >= 0.3 is 5.97 Å². The van der Waals surface area contributed by atoms with Crippen LogP contribution in [0.3, 0.4) is 0 Å². The molecule has 0 aliphatic heterocycles. The minimum atomic E-state index is -1.03. The lowest BCUT2D eigenvalue weighted by Crippen LogP contribution is -2.43. The van der Waals surface area contributed by atoms with Crippen LogP contribution in [0.4, 0.5) is 11.4 Å². The fraction of sp³-hybridized carbons (Fsp3) is 0.348. The number of unbranched alkanes of at least 4 members (excludes halogenated alkanes) is 1. The number of ether oxygens (including phenoxy) is 1. The van der Waals surface area contributed by atoms with E-state index in [1.807, 2.05) is 0 Å². The highest BCUT2D eigenvalue weighted by Gasteiger charge is 2.23. The Kier molecular flexibility index (Phi) is 12.3. The van der Waals surface area contributed by atoms with Crippen LogP contribution in [-0.2, 0) is 30.4 Å². The molecule has 0 fully saturated rings. The first-order chi connectivity index (χ1) is 17.2. The highest BCUT2D eigenvalue weighted by molar-refractivity contribution is 8.13. The number of rotatable bonds is 14. The summed E-state index contributed by atoms with van der Waals surface area (Å²) < 4.78 is 5.13. The summed E-state index contributed by atoms with van der Waals surface area (Å²) in [6.45, 7) is 1.14. The number of hydrogen-bond donors (Lipinski definition) is 2. The van der Waals surface area contributed by atoms with Crippen LogP contribution in [0, 0.1) is 10.1 Å². The highest BCUT2D eigenvalue weighted by Crippen LogP contribution is 2.33. The Morgan fingerprint density at radius 3 is 2.39 bits per heavy atom. The molecule has 1 unspecified atom stereocenters. The quantitative estimate of drug-likeness (QED) is 0.148. The van der Waals surface area contributed by atoms with Gasteiger partial charge in [0.15, 0.2) is 5.12 Å². The van der Waals surface area contributed by atoms with E-state index >= 15 is 0 Å². The lowest BCUT2D eigenvalue weighted by molar-refractivity contribution is -0.757. The van der Waals surface area contributed by atoms with Crippen LogP contribution < -0.4 is 10.6 Å². The van der Waals surface area contributed by atoms with E-state index in [0.29, 0.717) is 39.8 Å². The molecule has 36 heavy (non-hydrogen) atoms. The molecule has 1 atom stereocenters. The van der Waals surface area contributed by atoms with Crippen LogP contribution >= 0.6 is 35.0 Å². The number of para-hydroxylation sites is 2. The maximum absolute atomic E-state index is 12.7. The van der Waals surface area contributed by atoms with Gasteiger partial charge < -0.3 is 20.2 Å². The Balaban J connectivity index is 1.92. The van der Waals surface area contributed by atoms with E-state index in [1.165, 1.54) is 6.92 Å². The van der Waals surface area contributed by atoms with Gasteiger partial charge in [0.05, 0.1) is 28.9 Å². The molecule has 13 heteroatoms. The monoisotopic (exact) mass is 557 g/mol. The van der Waals surface area contributed by atoms with Crippen molar-refractivity contribution in [2.45, 2.75) is 32.2 Å². The van der Waals surface area contributed by atoms with Crippen molar-refractivity contribution in [1.29, 1.82) is 0 Å². The number of carbonyl (C=O) groups excluding carboxylic acids is 3. The van der Waals surface area contributed by atoms with Crippen molar-refractivity contribution in [3.63, 3.8) is 0 Å². The summed E-state index contributed by atoms with van der Waals surface area (Å²) >= 11 is 13.4. The lowest BCUT2D eigenvalue weighted by Gasteiger charge is -2.17. The zero-order chi connectivity index (χ0) is 26.5.